The summed E-state index contributed by atoms with van der Waals surface area (Å²) in [7, 11) is 1.60. The molecule has 4 nitrogen and oxygen atoms in total. The van der Waals surface area contributed by atoms with Crippen LogP contribution in [-0.2, 0) is 17.4 Å². The van der Waals surface area contributed by atoms with Crippen molar-refractivity contribution >= 4 is 5.91 Å². The standard InChI is InChI=1S/C14H17F3N2O2/c1-19-7-5-12(13(19)20)21-11-3-2-9(4-6-18)8-10(11)14(15,16)17/h2-3,8,12H,4-7,18H2,1H3. The van der Waals surface area contributed by atoms with Crippen molar-refractivity contribution in [2.24, 2.45) is 5.73 Å². The molecule has 0 aliphatic carbocycles. The number of rotatable bonds is 4. The van der Waals surface area contributed by atoms with Crippen molar-refractivity contribution in [1.82, 2.24) is 4.90 Å². The molecule has 1 fully saturated rings. The predicted molar refractivity (Wildman–Crippen MR) is 70.9 cm³/mol. The molecule has 0 radical (unpaired) electrons. The van der Waals surface area contributed by atoms with Gasteiger partial charge in [0.15, 0.2) is 6.10 Å². The second kappa shape index (κ2) is 5.93. The van der Waals surface area contributed by atoms with E-state index in [0.717, 1.165) is 6.07 Å². The highest BCUT2D eigenvalue weighted by Gasteiger charge is 2.37. The minimum atomic E-state index is -4.53. The highest BCUT2D eigenvalue weighted by atomic mass is 19.4. The molecule has 1 amide bonds. The van der Waals surface area contributed by atoms with E-state index in [1.54, 1.807) is 13.1 Å². The summed E-state index contributed by atoms with van der Waals surface area (Å²) < 4.78 is 44.6. The zero-order chi connectivity index (χ0) is 15.6. The minimum absolute atomic E-state index is 0.267. The van der Waals surface area contributed by atoms with Crippen molar-refractivity contribution in [2.45, 2.75) is 25.1 Å². The smallest absolute Gasteiger partial charge is 0.419 e. The van der Waals surface area contributed by atoms with Crippen molar-refractivity contribution in [3.63, 3.8) is 0 Å². The Bertz CT molecular complexity index is 531. The summed E-state index contributed by atoms with van der Waals surface area (Å²) in [5, 5.41) is 0. The van der Waals surface area contributed by atoms with Gasteiger partial charge in [-0.1, -0.05) is 6.07 Å². The molecule has 0 saturated carbocycles. The van der Waals surface area contributed by atoms with E-state index in [9.17, 15) is 18.0 Å². The van der Waals surface area contributed by atoms with E-state index < -0.39 is 17.8 Å². The fraction of sp³-hybridized carbons (Fsp3) is 0.500. The topological polar surface area (TPSA) is 55.6 Å². The summed E-state index contributed by atoms with van der Waals surface area (Å²) in [6.07, 6.45) is -4.64. The zero-order valence-electron chi connectivity index (χ0n) is 11.6. The number of hydrogen-bond donors (Lipinski definition) is 1. The first-order chi connectivity index (χ1) is 9.82. The summed E-state index contributed by atoms with van der Waals surface area (Å²) in [5.41, 5.74) is 4.99. The van der Waals surface area contributed by atoms with E-state index in [-0.39, 0.29) is 18.2 Å². The van der Waals surface area contributed by atoms with E-state index in [0.29, 0.717) is 24.9 Å². The van der Waals surface area contributed by atoms with E-state index in [1.807, 2.05) is 0 Å². The van der Waals surface area contributed by atoms with Gasteiger partial charge in [-0.15, -0.1) is 0 Å². The molecular weight excluding hydrogens is 285 g/mol. The van der Waals surface area contributed by atoms with Crippen molar-refractivity contribution in [1.29, 1.82) is 0 Å². The SMILES string of the molecule is CN1CCC(Oc2ccc(CCN)cc2C(F)(F)F)C1=O. The molecule has 1 atom stereocenters. The number of carbonyl (C=O) groups excluding carboxylic acids is 1. The number of likely N-dealkylation sites (tertiary alicyclic amines) is 1. The number of nitrogens with two attached hydrogens (primary N) is 1. The Morgan fingerprint density at radius 2 is 2.14 bits per heavy atom. The van der Waals surface area contributed by atoms with Crippen molar-refractivity contribution in [2.75, 3.05) is 20.1 Å². The third-order valence-electron chi connectivity index (χ3n) is 3.43. The van der Waals surface area contributed by atoms with Crippen molar-refractivity contribution < 1.29 is 22.7 Å². The lowest BCUT2D eigenvalue weighted by molar-refractivity contribution is -0.141. The van der Waals surface area contributed by atoms with Crippen LogP contribution in [0, 0.1) is 0 Å². The molecule has 1 aliphatic rings. The molecule has 1 aliphatic heterocycles. The molecule has 1 unspecified atom stereocenters. The van der Waals surface area contributed by atoms with Crippen LogP contribution in [-0.4, -0.2) is 37.0 Å². The van der Waals surface area contributed by atoms with Gasteiger partial charge in [0.25, 0.3) is 5.91 Å². The highest BCUT2D eigenvalue weighted by Crippen LogP contribution is 2.37. The lowest BCUT2D eigenvalue weighted by atomic mass is 10.1. The summed E-state index contributed by atoms with van der Waals surface area (Å²) >= 11 is 0. The van der Waals surface area contributed by atoms with Gasteiger partial charge >= 0.3 is 6.18 Å². The Labute approximate surface area is 120 Å². The van der Waals surface area contributed by atoms with Crippen LogP contribution in [0.1, 0.15) is 17.5 Å². The number of carbonyl (C=O) groups is 1. The number of ether oxygens (including phenoxy) is 1. The second-order valence-electron chi connectivity index (χ2n) is 5.02. The summed E-state index contributed by atoms with van der Waals surface area (Å²) in [6.45, 7) is 0.750. The van der Waals surface area contributed by atoms with E-state index >= 15 is 0 Å². The highest BCUT2D eigenvalue weighted by molar-refractivity contribution is 5.83. The van der Waals surface area contributed by atoms with Crippen LogP contribution in [0.15, 0.2) is 18.2 Å². The second-order valence-corrected chi connectivity index (χ2v) is 5.02. The van der Waals surface area contributed by atoms with E-state index in [2.05, 4.69) is 0 Å². The summed E-state index contributed by atoms with van der Waals surface area (Å²) in [4.78, 5) is 13.2. The number of nitrogens with zero attached hydrogens (tertiary/aromatic N) is 1. The monoisotopic (exact) mass is 302 g/mol. The van der Waals surface area contributed by atoms with Gasteiger partial charge in [0.2, 0.25) is 0 Å². The molecule has 21 heavy (non-hydrogen) atoms. The number of hydrogen-bond acceptors (Lipinski definition) is 3. The zero-order valence-corrected chi connectivity index (χ0v) is 11.6. The molecular formula is C14H17F3N2O2. The molecule has 1 heterocycles. The number of amides is 1. The first kappa shape index (κ1) is 15.6. The van der Waals surface area contributed by atoms with Crippen LogP contribution >= 0.6 is 0 Å². The van der Waals surface area contributed by atoms with Crippen molar-refractivity contribution in [3.05, 3.63) is 29.3 Å². The summed E-state index contributed by atoms with van der Waals surface area (Å²) in [5.74, 6) is -0.605. The van der Waals surface area contributed by atoms with Gasteiger partial charge in [-0.05, 0) is 30.7 Å². The van der Waals surface area contributed by atoms with Gasteiger partial charge in [-0.2, -0.15) is 13.2 Å². The lowest BCUT2D eigenvalue weighted by Crippen LogP contribution is -2.30. The fourth-order valence-electron chi connectivity index (χ4n) is 2.28. The fourth-order valence-corrected chi connectivity index (χ4v) is 2.28. The number of likely N-dealkylation sites (N-methyl/N-ethyl adjacent to an activating group) is 1. The molecule has 2 N–H and O–H groups in total. The maximum Gasteiger partial charge on any atom is 0.419 e. The third kappa shape index (κ3) is 3.47. The molecule has 2 rings (SSSR count). The van der Waals surface area contributed by atoms with Gasteiger partial charge < -0.3 is 15.4 Å². The van der Waals surface area contributed by atoms with E-state index in [1.165, 1.54) is 11.0 Å². The van der Waals surface area contributed by atoms with E-state index in [4.69, 9.17) is 10.5 Å². The van der Waals surface area contributed by atoms with Gasteiger partial charge in [-0.3, -0.25) is 4.79 Å². The first-order valence-corrected chi connectivity index (χ1v) is 6.64. The average Bonchev–Trinajstić information content (AvgIpc) is 2.71. The van der Waals surface area contributed by atoms with Gasteiger partial charge in [0.05, 0.1) is 5.56 Å². The van der Waals surface area contributed by atoms with Gasteiger partial charge in [0, 0.05) is 20.0 Å². The quantitative estimate of drug-likeness (QED) is 0.923. The predicted octanol–water partition coefficient (Wildman–Crippen LogP) is 1.82. The van der Waals surface area contributed by atoms with Gasteiger partial charge in [-0.25, -0.2) is 0 Å². The first-order valence-electron chi connectivity index (χ1n) is 6.64. The van der Waals surface area contributed by atoms with Crippen LogP contribution in [0.3, 0.4) is 0 Å². The molecule has 1 aromatic rings. The Hall–Kier alpha value is -1.76. The number of alkyl halides is 3. The Balaban J connectivity index is 2.28. The molecule has 0 spiro atoms. The van der Waals surface area contributed by atoms with Crippen LogP contribution in [0.25, 0.3) is 0 Å². The Morgan fingerprint density at radius 3 is 2.67 bits per heavy atom. The summed E-state index contributed by atoms with van der Waals surface area (Å²) in [6, 6.07) is 3.84. The Kier molecular flexibility index (Phi) is 4.41. The maximum absolute atomic E-state index is 13.1. The van der Waals surface area contributed by atoms with Crippen LogP contribution < -0.4 is 10.5 Å². The molecule has 0 aromatic heterocycles. The molecule has 1 saturated heterocycles. The van der Waals surface area contributed by atoms with Crippen LogP contribution in [0.5, 0.6) is 5.75 Å². The average molecular weight is 302 g/mol. The molecule has 116 valence electrons. The number of halogens is 3. The molecule has 1 aromatic carbocycles. The third-order valence-corrected chi connectivity index (χ3v) is 3.43. The normalized spacial score (nSPS) is 19.2. The van der Waals surface area contributed by atoms with Gasteiger partial charge in [0.1, 0.15) is 5.75 Å². The van der Waals surface area contributed by atoms with Crippen molar-refractivity contribution in [3.8, 4) is 5.75 Å². The molecule has 0 bridgehead atoms. The van der Waals surface area contributed by atoms with Crippen LogP contribution in [0.4, 0.5) is 13.2 Å². The largest absolute Gasteiger partial charge is 0.480 e. The maximum atomic E-state index is 13.1. The van der Waals surface area contributed by atoms with Crippen LogP contribution in [0.2, 0.25) is 0 Å². The minimum Gasteiger partial charge on any atom is -0.480 e. The lowest BCUT2D eigenvalue weighted by Gasteiger charge is -2.18. The molecule has 7 heteroatoms. The number of benzene rings is 1. The Morgan fingerprint density at radius 1 is 1.43 bits per heavy atom.